The summed E-state index contributed by atoms with van der Waals surface area (Å²) in [5.41, 5.74) is 2.19. The SMILES string of the molecule is C#C.Fc1cccnc1.N#Cc1cccc(-c2ccc(NCC3CC(F)C3)nn2)c1. The number of alkyl halides is 1. The molecule has 30 heavy (non-hydrogen) atoms. The number of nitrogens with zero attached hydrogens (tertiary/aromatic N) is 4. The predicted molar refractivity (Wildman–Crippen MR) is 112 cm³/mol. The highest BCUT2D eigenvalue weighted by molar-refractivity contribution is 5.61. The molecule has 0 radical (unpaired) electrons. The Morgan fingerprint density at radius 2 is 1.90 bits per heavy atom. The quantitative estimate of drug-likeness (QED) is 0.640. The lowest BCUT2D eigenvalue weighted by Gasteiger charge is -2.29. The summed E-state index contributed by atoms with van der Waals surface area (Å²) in [5.74, 6) is 0.800. The Hall–Kier alpha value is -3.84. The number of anilines is 1. The van der Waals surface area contributed by atoms with Gasteiger partial charge in [-0.1, -0.05) is 12.1 Å². The van der Waals surface area contributed by atoms with E-state index < -0.39 is 6.17 Å². The Kier molecular flexibility index (Phi) is 8.89. The van der Waals surface area contributed by atoms with Crippen LogP contribution in [-0.2, 0) is 0 Å². The lowest BCUT2D eigenvalue weighted by Crippen LogP contribution is -2.30. The van der Waals surface area contributed by atoms with Crippen LogP contribution in [0.2, 0.25) is 0 Å². The van der Waals surface area contributed by atoms with Gasteiger partial charge >= 0.3 is 0 Å². The second-order valence-corrected chi connectivity index (χ2v) is 6.48. The van der Waals surface area contributed by atoms with Crippen LogP contribution in [0.4, 0.5) is 14.6 Å². The third kappa shape index (κ3) is 6.96. The minimum absolute atomic E-state index is 0.289. The first-order valence-corrected chi connectivity index (χ1v) is 9.25. The molecule has 0 saturated heterocycles. The molecule has 0 bridgehead atoms. The normalized spacial score (nSPS) is 16.4. The van der Waals surface area contributed by atoms with Gasteiger partial charge in [-0.2, -0.15) is 5.26 Å². The molecule has 1 N–H and O–H groups in total. The number of aromatic nitrogens is 3. The summed E-state index contributed by atoms with van der Waals surface area (Å²) < 4.78 is 24.6. The third-order valence-electron chi connectivity index (χ3n) is 4.33. The van der Waals surface area contributed by atoms with Gasteiger partial charge in [-0.05, 0) is 55.2 Å². The summed E-state index contributed by atoms with van der Waals surface area (Å²) in [5, 5.41) is 20.4. The van der Waals surface area contributed by atoms with Gasteiger partial charge in [0.2, 0.25) is 0 Å². The first-order valence-electron chi connectivity index (χ1n) is 9.25. The van der Waals surface area contributed by atoms with Crippen LogP contribution in [0.3, 0.4) is 0 Å². The van der Waals surface area contributed by atoms with Gasteiger partial charge in [0, 0.05) is 18.3 Å². The molecular weight excluding hydrogens is 384 g/mol. The van der Waals surface area contributed by atoms with Gasteiger partial charge in [0.25, 0.3) is 0 Å². The second-order valence-electron chi connectivity index (χ2n) is 6.48. The maximum atomic E-state index is 12.7. The summed E-state index contributed by atoms with van der Waals surface area (Å²) in [7, 11) is 0. The molecule has 2 heterocycles. The molecule has 2 aromatic heterocycles. The Morgan fingerprint density at radius 1 is 1.10 bits per heavy atom. The Balaban J connectivity index is 0.000000299. The molecule has 0 unspecified atom stereocenters. The first kappa shape index (κ1) is 22.4. The summed E-state index contributed by atoms with van der Waals surface area (Å²) in [6.07, 6.45) is 11.3. The van der Waals surface area contributed by atoms with Crippen LogP contribution < -0.4 is 5.32 Å². The van der Waals surface area contributed by atoms with Crippen molar-refractivity contribution in [1.29, 1.82) is 5.26 Å². The van der Waals surface area contributed by atoms with E-state index in [1.54, 1.807) is 18.2 Å². The number of hydrogen-bond donors (Lipinski definition) is 1. The molecule has 7 heteroatoms. The van der Waals surface area contributed by atoms with Crippen LogP contribution in [-0.4, -0.2) is 27.9 Å². The largest absolute Gasteiger partial charge is 0.368 e. The van der Waals surface area contributed by atoms with E-state index in [1.165, 1.54) is 18.5 Å². The monoisotopic (exact) mass is 405 g/mol. The number of rotatable bonds is 4. The standard InChI is InChI=1S/C16H15FN4.C5H4FN.C2H2/c17-14-7-12(8-14)10-19-16-5-4-15(20-21-16)13-3-1-2-11(6-13)9-18;6-5-2-1-3-7-4-5;1-2/h1-6,12,14H,7-8,10H2,(H,19,21);1-4H;1-2H. The zero-order valence-electron chi connectivity index (χ0n) is 16.2. The number of hydrogen-bond acceptors (Lipinski definition) is 5. The average molecular weight is 405 g/mol. The molecule has 152 valence electrons. The van der Waals surface area contributed by atoms with Crippen molar-refractivity contribution in [2.45, 2.75) is 19.0 Å². The molecule has 1 aromatic carbocycles. The summed E-state index contributed by atoms with van der Waals surface area (Å²) in [6.45, 7) is 0.734. The zero-order valence-corrected chi connectivity index (χ0v) is 16.2. The van der Waals surface area contributed by atoms with Crippen molar-refractivity contribution >= 4 is 5.82 Å². The Labute approximate surface area is 174 Å². The van der Waals surface area contributed by atoms with Gasteiger partial charge in [0.15, 0.2) is 0 Å². The minimum Gasteiger partial charge on any atom is -0.368 e. The zero-order chi connectivity index (χ0) is 21.8. The van der Waals surface area contributed by atoms with E-state index in [1.807, 2.05) is 24.3 Å². The number of halogens is 2. The van der Waals surface area contributed by atoms with Crippen LogP contribution >= 0.6 is 0 Å². The van der Waals surface area contributed by atoms with Gasteiger partial charge in [0.05, 0.1) is 23.5 Å². The molecule has 0 amide bonds. The maximum absolute atomic E-state index is 12.7. The van der Waals surface area contributed by atoms with E-state index in [9.17, 15) is 8.78 Å². The van der Waals surface area contributed by atoms with Crippen molar-refractivity contribution in [2.24, 2.45) is 5.92 Å². The van der Waals surface area contributed by atoms with E-state index in [4.69, 9.17) is 5.26 Å². The predicted octanol–water partition coefficient (Wildman–Crippen LogP) is 4.65. The highest BCUT2D eigenvalue weighted by atomic mass is 19.1. The first-order chi connectivity index (χ1) is 14.6. The van der Waals surface area contributed by atoms with E-state index in [0.29, 0.717) is 30.1 Å². The fourth-order valence-electron chi connectivity index (χ4n) is 2.74. The van der Waals surface area contributed by atoms with Gasteiger partial charge in [-0.15, -0.1) is 23.0 Å². The number of nitrogens with one attached hydrogen (secondary N) is 1. The van der Waals surface area contributed by atoms with Crippen LogP contribution in [0.5, 0.6) is 0 Å². The van der Waals surface area contributed by atoms with Gasteiger partial charge < -0.3 is 5.32 Å². The molecule has 0 atom stereocenters. The second kappa shape index (κ2) is 11.9. The lowest BCUT2D eigenvalue weighted by molar-refractivity contribution is 0.140. The van der Waals surface area contributed by atoms with E-state index in [2.05, 4.69) is 39.4 Å². The third-order valence-corrected chi connectivity index (χ3v) is 4.33. The van der Waals surface area contributed by atoms with Crippen molar-refractivity contribution < 1.29 is 8.78 Å². The molecule has 1 aliphatic rings. The number of pyridine rings is 1. The summed E-state index contributed by atoms with van der Waals surface area (Å²) in [6, 6.07) is 16.0. The van der Waals surface area contributed by atoms with Crippen LogP contribution in [0.25, 0.3) is 11.3 Å². The fraction of sp³-hybridized carbons (Fsp3) is 0.217. The van der Waals surface area contributed by atoms with Crippen molar-refractivity contribution in [1.82, 2.24) is 15.2 Å². The highest BCUT2D eigenvalue weighted by Gasteiger charge is 2.28. The van der Waals surface area contributed by atoms with Gasteiger partial charge in [-0.3, -0.25) is 4.98 Å². The fourth-order valence-corrected chi connectivity index (χ4v) is 2.74. The number of terminal acetylenes is 1. The average Bonchev–Trinajstić information content (AvgIpc) is 2.79. The van der Waals surface area contributed by atoms with Crippen molar-refractivity contribution in [3.63, 3.8) is 0 Å². The number of benzene rings is 1. The Bertz CT molecular complexity index is 962. The maximum Gasteiger partial charge on any atom is 0.148 e. The summed E-state index contributed by atoms with van der Waals surface area (Å²) in [4.78, 5) is 3.51. The number of nitriles is 1. The lowest BCUT2D eigenvalue weighted by atomic mass is 9.83. The minimum atomic E-state index is -0.627. The van der Waals surface area contributed by atoms with Crippen LogP contribution in [0, 0.1) is 35.9 Å². The van der Waals surface area contributed by atoms with Crippen molar-refractivity contribution in [2.75, 3.05) is 11.9 Å². The summed E-state index contributed by atoms with van der Waals surface area (Å²) >= 11 is 0. The topological polar surface area (TPSA) is 74.5 Å². The van der Waals surface area contributed by atoms with Crippen molar-refractivity contribution in [3.8, 4) is 30.2 Å². The smallest absolute Gasteiger partial charge is 0.148 e. The molecule has 3 aromatic rings. The molecule has 5 nitrogen and oxygen atoms in total. The molecule has 1 saturated carbocycles. The molecule has 4 rings (SSSR count). The van der Waals surface area contributed by atoms with Crippen LogP contribution in [0.1, 0.15) is 18.4 Å². The van der Waals surface area contributed by atoms with Gasteiger partial charge in [-0.25, -0.2) is 8.78 Å². The van der Waals surface area contributed by atoms with E-state index in [-0.39, 0.29) is 5.82 Å². The van der Waals surface area contributed by atoms with Gasteiger partial charge in [0.1, 0.15) is 17.8 Å². The van der Waals surface area contributed by atoms with Crippen LogP contribution in [0.15, 0.2) is 60.9 Å². The molecule has 1 fully saturated rings. The van der Waals surface area contributed by atoms with E-state index >= 15 is 0 Å². The van der Waals surface area contributed by atoms with Crippen molar-refractivity contribution in [3.05, 3.63) is 72.3 Å². The Morgan fingerprint density at radius 3 is 2.43 bits per heavy atom. The molecule has 0 spiro atoms. The molecule has 1 aliphatic carbocycles. The van der Waals surface area contributed by atoms with E-state index in [0.717, 1.165) is 17.8 Å². The highest BCUT2D eigenvalue weighted by Crippen LogP contribution is 2.30. The molecule has 0 aliphatic heterocycles. The molecular formula is C23H21F2N5.